The maximum atomic E-state index is 12.3. The average Bonchev–Trinajstić information content (AvgIpc) is 2.49. The quantitative estimate of drug-likeness (QED) is 0.931. The lowest BCUT2D eigenvalue weighted by Crippen LogP contribution is -2.25. The normalized spacial score (nSPS) is 20.4. The number of carboxylic acids is 1. The number of hydrogen-bond acceptors (Lipinski definition) is 2. The molecule has 1 amide bonds. The van der Waals surface area contributed by atoms with Crippen molar-refractivity contribution in [3.05, 3.63) is 64.7 Å². The van der Waals surface area contributed by atoms with Crippen LogP contribution in [0.15, 0.2) is 64.2 Å². The molecule has 1 aromatic rings. The van der Waals surface area contributed by atoms with Crippen molar-refractivity contribution < 1.29 is 14.7 Å². The molecule has 1 unspecified atom stereocenters. The van der Waals surface area contributed by atoms with Crippen LogP contribution in [0.4, 0.5) is 0 Å². The fourth-order valence-corrected chi connectivity index (χ4v) is 2.88. The van der Waals surface area contributed by atoms with Gasteiger partial charge in [0.15, 0.2) is 0 Å². The van der Waals surface area contributed by atoms with Gasteiger partial charge in [0, 0.05) is 16.5 Å². The molecule has 0 fully saturated rings. The second-order valence-corrected chi connectivity index (χ2v) is 5.47. The first-order valence-corrected chi connectivity index (χ1v) is 7.12. The van der Waals surface area contributed by atoms with Gasteiger partial charge in [-0.15, -0.1) is 0 Å². The minimum absolute atomic E-state index is 0.212. The molecular weight excluding hydrogens is 302 g/mol. The molecule has 5 heteroatoms. The predicted octanol–water partition coefficient (Wildman–Crippen LogP) is 3.20. The first kappa shape index (κ1) is 14.5. The number of nitrogens with zero attached hydrogens (tertiary/aromatic N) is 1. The predicted molar refractivity (Wildman–Crippen MR) is 84.6 cm³/mol. The van der Waals surface area contributed by atoms with Crippen LogP contribution in [0.25, 0.3) is 5.57 Å². The van der Waals surface area contributed by atoms with E-state index in [2.05, 4.69) is 4.99 Å². The summed E-state index contributed by atoms with van der Waals surface area (Å²) in [6.45, 7) is 0. The van der Waals surface area contributed by atoms with E-state index in [1.165, 1.54) is 0 Å². The monoisotopic (exact) mass is 313 g/mol. The van der Waals surface area contributed by atoms with Gasteiger partial charge in [0.2, 0.25) is 0 Å². The lowest BCUT2D eigenvalue weighted by molar-refractivity contribution is -0.136. The molecule has 0 spiro atoms. The summed E-state index contributed by atoms with van der Waals surface area (Å²) in [6, 6.07) is 9.27. The van der Waals surface area contributed by atoms with Gasteiger partial charge in [-0.25, -0.2) is 4.99 Å². The van der Waals surface area contributed by atoms with Crippen molar-refractivity contribution in [2.45, 2.75) is 6.42 Å². The van der Waals surface area contributed by atoms with Gasteiger partial charge in [-0.3, -0.25) is 9.59 Å². The van der Waals surface area contributed by atoms with E-state index in [0.717, 1.165) is 5.56 Å². The molecule has 110 valence electrons. The number of hydrogen-bond donors (Lipinski definition) is 1. The average molecular weight is 314 g/mol. The van der Waals surface area contributed by atoms with Crippen molar-refractivity contribution in [3.63, 3.8) is 0 Å². The molecule has 1 N–H and O–H groups in total. The summed E-state index contributed by atoms with van der Waals surface area (Å²) in [5, 5.41) is 9.65. The van der Waals surface area contributed by atoms with Gasteiger partial charge in [-0.2, -0.15) is 0 Å². The van der Waals surface area contributed by atoms with E-state index in [0.29, 0.717) is 16.3 Å². The van der Waals surface area contributed by atoms with E-state index in [-0.39, 0.29) is 17.9 Å². The number of amides is 1. The molecule has 1 aromatic carbocycles. The largest absolute Gasteiger partial charge is 0.481 e. The summed E-state index contributed by atoms with van der Waals surface area (Å²) in [7, 11) is 0. The van der Waals surface area contributed by atoms with Crippen LogP contribution in [0.2, 0.25) is 0 Å². The van der Waals surface area contributed by atoms with Gasteiger partial charge >= 0.3 is 5.97 Å². The van der Waals surface area contributed by atoms with Crippen LogP contribution in [0.3, 0.4) is 0 Å². The standard InChI is InChI=1S/C17H12ClNO3/c18-11-6-7-14-12(8-11)16(10-4-2-1-3-5-10)13(9-15(20)21)17(22)19-14/h1-8,12H,9H2,(H,20,21). The molecule has 0 saturated heterocycles. The molecule has 0 aromatic heterocycles. The van der Waals surface area contributed by atoms with Crippen LogP contribution in [0, 0.1) is 5.92 Å². The molecule has 0 bridgehead atoms. The maximum absolute atomic E-state index is 12.3. The topological polar surface area (TPSA) is 66.7 Å². The van der Waals surface area contributed by atoms with Crippen LogP contribution in [0.5, 0.6) is 0 Å². The number of carbonyl (C=O) groups is 2. The molecule has 1 aliphatic carbocycles. The molecule has 0 saturated carbocycles. The third-order valence-corrected chi connectivity index (χ3v) is 3.85. The Hall–Kier alpha value is -2.46. The molecule has 1 heterocycles. The van der Waals surface area contributed by atoms with Gasteiger partial charge in [-0.05, 0) is 23.3 Å². The van der Waals surface area contributed by atoms with Crippen LogP contribution >= 0.6 is 11.6 Å². The first-order chi connectivity index (χ1) is 10.6. The molecule has 22 heavy (non-hydrogen) atoms. The Morgan fingerprint density at radius 1 is 1.23 bits per heavy atom. The van der Waals surface area contributed by atoms with Gasteiger partial charge in [-0.1, -0.05) is 48.0 Å². The zero-order chi connectivity index (χ0) is 15.7. The highest BCUT2D eigenvalue weighted by Crippen LogP contribution is 2.37. The van der Waals surface area contributed by atoms with Gasteiger partial charge in [0.1, 0.15) is 0 Å². The number of aliphatic imine (C=N–C) groups is 1. The van der Waals surface area contributed by atoms with Crippen LogP contribution in [-0.2, 0) is 9.59 Å². The fourth-order valence-electron chi connectivity index (χ4n) is 2.69. The fraction of sp³-hybridized carbons (Fsp3) is 0.118. The Labute approximate surface area is 132 Å². The number of rotatable bonds is 3. The Balaban J connectivity index is 2.20. The van der Waals surface area contributed by atoms with Gasteiger partial charge < -0.3 is 5.11 Å². The highest BCUT2D eigenvalue weighted by Gasteiger charge is 2.32. The molecule has 4 nitrogen and oxygen atoms in total. The second-order valence-electron chi connectivity index (χ2n) is 5.03. The van der Waals surface area contributed by atoms with Crippen molar-refractivity contribution in [2.24, 2.45) is 10.9 Å². The van der Waals surface area contributed by atoms with E-state index in [1.54, 1.807) is 18.2 Å². The van der Waals surface area contributed by atoms with E-state index in [9.17, 15) is 9.59 Å². The zero-order valence-electron chi connectivity index (χ0n) is 11.5. The van der Waals surface area contributed by atoms with Crippen LogP contribution in [0.1, 0.15) is 12.0 Å². The van der Waals surface area contributed by atoms with E-state index < -0.39 is 11.9 Å². The smallest absolute Gasteiger partial charge is 0.308 e. The number of fused-ring (bicyclic) bond motifs is 1. The minimum atomic E-state index is -1.06. The number of halogens is 1. The molecule has 1 aliphatic heterocycles. The highest BCUT2D eigenvalue weighted by molar-refractivity contribution is 6.33. The SMILES string of the molecule is O=C(O)CC1=C(c2ccccc2)C2C=C(Cl)C=CC2=NC1=O. The van der Waals surface area contributed by atoms with Crippen molar-refractivity contribution in [3.8, 4) is 0 Å². The summed E-state index contributed by atoms with van der Waals surface area (Å²) in [4.78, 5) is 27.4. The van der Waals surface area contributed by atoms with E-state index >= 15 is 0 Å². The van der Waals surface area contributed by atoms with E-state index in [4.69, 9.17) is 16.7 Å². The zero-order valence-corrected chi connectivity index (χ0v) is 12.2. The van der Waals surface area contributed by atoms with Gasteiger partial charge in [0.05, 0.1) is 12.1 Å². The number of dihydropyridines is 1. The Morgan fingerprint density at radius 2 is 1.95 bits per heavy atom. The van der Waals surface area contributed by atoms with Crippen molar-refractivity contribution in [1.29, 1.82) is 0 Å². The van der Waals surface area contributed by atoms with Crippen LogP contribution in [-0.4, -0.2) is 22.7 Å². The van der Waals surface area contributed by atoms with Crippen molar-refractivity contribution >= 4 is 34.8 Å². The number of benzene rings is 1. The number of carboxylic acid groups (broad SMARTS) is 1. The van der Waals surface area contributed by atoms with E-state index in [1.807, 2.05) is 30.3 Å². The first-order valence-electron chi connectivity index (χ1n) is 6.75. The third kappa shape index (κ3) is 2.65. The Morgan fingerprint density at radius 3 is 2.64 bits per heavy atom. The number of aliphatic carboxylic acids is 1. The lowest BCUT2D eigenvalue weighted by atomic mass is 9.80. The summed E-state index contributed by atoms with van der Waals surface area (Å²) >= 11 is 6.07. The highest BCUT2D eigenvalue weighted by atomic mass is 35.5. The Bertz CT molecular complexity index is 772. The maximum Gasteiger partial charge on any atom is 0.308 e. The molecule has 2 aliphatic rings. The summed E-state index contributed by atoms with van der Waals surface area (Å²) in [6.07, 6.45) is 4.81. The summed E-state index contributed by atoms with van der Waals surface area (Å²) < 4.78 is 0. The summed E-state index contributed by atoms with van der Waals surface area (Å²) in [5.74, 6) is -1.85. The minimum Gasteiger partial charge on any atom is -0.481 e. The molecular formula is C17H12ClNO3. The van der Waals surface area contributed by atoms with Crippen molar-refractivity contribution in [2.75, 3.05) is 0 Å². The van der Waals surface area contributed by atoms with Crippen LogP contribution < -0.4 is 0 Å². The second kappa shape index (κ2) is 5.73. The summed E-state index contributed by atoms with van der Waals surface area (Å²) in [5.41, 5.74) is 2.27. The van der Waals surface area contributed by atoms with Crippen molar-refractivity contribution in [1.82, 2.24) is 0 Å². The third-order valence-electron chi connectivity index (χ3n) is 3.60. The number of allylic oxidation sites excluding steroid dienone is 5. The molecule has 1 atom stereocenters. The molecule has 3 rings (SSSR count). The number of carbonyl (C=O) groups excluding carboxylic acids is 1. The lowest BCUT2D eigenvalue weighted by Gasteiger charge is -2.26. The molecule has 0 radical (unpaired) electrons. The Kier molecular flexibility index (Phi) is 3.77. The van der Waals surface area contributed by atoms with Gasteiger partial charge in [0.25, 0.3) is 5.91 Å².